The summed E-state index contributed by atoms with van der Waals surface area (Å²) >= 11 is 0. The monoisotopic (exact) mass is 364 g/mol. The van der Waals surface area contributed by atoms with E-state index in [9.17, 15) is 4.79 Å². The maximum atomic E-state index is 12.6. The van der Waals surface area contributed by atoms with Gasteiger partial charge in [-0.1, -0.05) is 30.3 Å². The fourth-order valence-corrected chi connectivity index (χ4v) is 3.01. The average molecular weight is 364 g/mol. The van der Waals surface area contributed by atoms with Gasteiger partial charge in [-0.05, 0) is 42.7 Å². The molecule has 6 nitrogen and oxygen atoms in total. The Morgan fingerprint density at radius 3 is 2.59 bits per heavy atom. The van der Waals surface area contributed by atoms with Crippen LogP contribution in [0.15, 0.2) is 61.2 Å². The quantitative estimate of drug-likeness (QED) is 0.644. The van der Waals surface area contributed by atoms with Crippen molar-refractivity contribution in [1.82, 2.24) is 19.7 Å². The number of methoxy groups -OCH3 is 1. The molecule has 0 aliphatic heterocycles. The predicted octanol–water partition coefficient (Wildman–Crippen LogP) is 3.43. The number of hydrogen-bond donors (Lipinski definition) is 0. The Morgan fingerprint density at radius 2 is 1.93 bits per heavy atom. The molecule has 27 heavy (non-hydrogen) atoms. The van der Waals surface area contributed by atoms with Crippen LogP contribution in [0.1, 0.15) is 30.5 Å². The van der Waals surface area contributed by atoms with Gasteiger partial charge in [0.15, 0.2) is 0 Å². The fraction of sp³-hybridized carbons (Fsp3) is 0.286. The van der Waals surface area contributed by atoms with E-state index in [0.717, 1.165) is 22.6 Å². The van der Waals surface area contributed by atoms with E-state index in [1.807, 2.05) is 62.5 Å². The van der Waals surface area contributed by atoms with Gasteiger partial charge in [0.2, 0.25) is 5.91 Å². The topological polar surface area (TPSA) is 60.2 Å². The second-order valence-corrected chi connectivity index (χ2v) is 6.42. The predicted molar refractivity (Wildman–Crippen MR) is 104 cm³/mol. The molecule has 3 rings (SSSR count). The lowest BCUT2D eigenvalue weighted by Crippen LogP contribution is -2.29. The van der Waals surface area contributed by atoms with Crippen molar-refractivity contribution in [3.05, 3.63) is 72.3 Å². The summed E-state index contributed by atoms with van der Waals surface area (Å²) in [6.07, 6.45) is 4.26. The van der Waals surface area contributed by atoms with Crippen LogP contribution in [0.25, 0.3) is 5.69 Å². The lowest BCUT2D eigenvalue weighted by molar-refractivity contribution is -0.131. The number of para-hydroxylation sites is 1. The van der Waals surface area contributed by atoms with Gasteiger partial charge in [-0.2, -0.15) is 5.10 Å². The van der Waals surface area contributed by atoms with Crippen molar-refractivity contribution >= 4 is 5.91 Å². The third kappa shape index (κ3) is 4.34. The number of aryl methyl sites for hydroxylation is 1. The first kappa shape index (κ1) is 18.6. The smallest absolute Gasteiger partial charge is 0.223 e. The SMILES string of the molecule is COc1ccccc1CCC(=O)N(C)[C@H](C)c1ccc(-n2cncn2)cc1. The Kier molecular flexibility index (Phi) is 5.86. The molecule has 0 N–H and O–H groups in total. The molecule has 1 heterocycles. The number of amides is 1. The third-order valence-corrected chi connectivity index (χ3v) is 4.83. The van der Waals surface area contributed by atoms with Crippen molar-refractivity contribution < 1.29 is 9.53 Å². The summed E-state index contributed by atoms with van der Waals surface area (Å²) in [5.41, 5.74) is 3.06. The van der Waals surface area contributed by atoms with Crippen LogP contribution in [0, 0.1) is 0 Å². The van der Waals surface area contributed by atoms with Crippen LogP contribution in [0.3, 0.4) is 0 Å². The van der Waals surface area contributed by atoms with E-state index in [4.69, 9.17) is 4.74 Å². The zero-order chi connectivity index (χ0) is 19.2. The number of carbonyl (C=O) groups excluding carboxylic acids is 1. The van der Waals surface area contributed by atoms with Crippen molar-refractivity contribution in [2.75, 3.05) is 14.2 Å². The van der Waals surface area contributed by atoms with E-state index in [1.54, 1.807) is 23.0 Å². The molecule has 1 amide bonds. The van der Waals surface area contributed by atoms with Crippen LogP contribution in [0.2, 0.25) is 0 Å². The molecule has 0 saturated carbocycles. The summed E-state index contributed by atoms with van der Waals surface area (Å²) in [6.45, 7) is 2.03. The molecule has 0 radical (unpaired) electrons. The Labute approximate surface area is 159 Å². The van der Waals surface area contributed by atoms with Crippen LogP contribution in [-0.2, 0) is 11.2 Å². The van der Waals surface area contributed by atoms with E-state index >= 15 is 0 Å². The first-order valence-corrected chi connectivity index (χ1v) is 8.92. The normalized spacial score (nSPS) is 11.8. The summed E-state index contributed by atoms with van der Waals surface area (Å²) in [5.74, 6) is 0.929. The molecule has 6 heteroatoms. The fourth-order valence-electron chi connectivity index (χ4n) is 3.01. The minimum Gasteiger partial charge on any atom is -0.496 e. The molecule has 0 bridgehead atoms. The largest absolute Gasteiger partial charge is 0.496 e. The number of benzene rings is 2. The van der Waals surface area contributed by atoms with Gasteiger partial charge in [0.1, 0.15) is 18.4 Å². The lowest BCUT2D eigenvalue weighted by Gasteiger charge is -2.25. The van der Waals surface area contributed by atoms with Gasteiger partial charge in [-0.15, -0.1) is 0 Å². The number of hydrogen-bond acceptors (Lipinski definition) is 4. The number of carbonyl (C=O) groups is 1. The summed E-state index contributed by atoms with van der Waals surface area (Å²) in [6, 6.07) is 15.8. The standard InChI is InChI=1S/C21H24N4O2/c1-16(17-8-11-19(12-9-17)25-15-22-14-23-25)24(2)21(26)13-10-18-6-4-5-7-20(18)27-3/h4-9,11-12,14-16H,10,13H2,1-3H3/t16-/m1/s1. The molecule has 0 aliphatic rings. The maximum Gasteiger partial charge on any atom is 0.223 e. The van der Waals surface area contributed by atoms with E-state index in [-0.39, 0.29) is 11.9 Å². The number of aromatic nitrogens is 3. The molecule has 0 spiro atoms. The second kappa shape index (κ2) is 8.49. The molecule has 2 aromatic carbocycles. The molecular formula is C21H24N4O2. The second-order valence-electron chi connectivity index (χ2n) is 6.42. The van der Waals surface area contributed by atoms with E-state index in [1.165, 1.54) is 6.33 Å². The van der Waals surface area contributed by atoms with Crippen LogP contribution in [0.5, 0.6) is 5.75 Å². The Bertz CT molecular complexity index is 875. The van der Waals surface area contributed by atoms with Crippen molar-refractivity contribution in [3.63, 3.8) is 0 Å². The highest BCUT2D eigenvalue weighted by molar-refractivity contribution is 5.76. The lowest BCUT2D eigenvalue weighted by atomic mass is 10.0. The van der Waals surface area contributed by atoms with Gasteiger partial charge in [0.25, 0.3) is 0 Å². The summed E-state index contributed by atoms with van der Waals surface area (Å²) in [7, 11) is 3.50. The van der Waals surface area contributed by atoms with Crippen molar-refractivity contribution in [1.29, 1.82) is 0 Å². The van der Waals surface area contributed by atoms with Crippen LogP contribution in [0.4, 0.5) is 0 Å². The molecule has 140 valence electrons. The zero-order valence-corrected chi connectivity index (χ0v) is 15.9. The highest BCUT2D eigenvalue weighted by Gasteiger charge is 2.18. The van der Waals surface area contributed by atoms with Crippen molar-refractivity contribution in [2.45, 2.75) is 25.8 Å². The van der Waals surface area contributed by atoms with E-state index in [0.29, 0.717) is 12.8 Å². The first-order chi connectivity index (χ1) is 13.1. The van der Waals surface area contributed by atoms with Gasteiger partial charge in [0, 0.05) is 13.5 Å². The highest BCUT2D eigenvalue weighted by Crippen LogP contribution is 2.23. The third-order valence-electron chi connectivity index (χ3n) is 4.83. The molecule has 1 aromatic heterocycles. The Hall–Kier alpha value is -3.15. The van der Waals surface area contributed by atoms with E-state index < -0.39 is 0 Å². The van der Waals surface area contributed by atoms with Gasteiger partial charge >= 0.3 is 0 Å². The molecule has 3 aromatic rings. The van der Waals surface area contributed by atoms with E-state index in [2.05, 4.69) is 10.1 Å². The summed E-state index contributed by atoms with van der Waals surface area (Å²) < 4.78 is 7.07. The summed E-state index contributed by atoms with van der Waals surface area (Å²) in [5, 5.41) is 4.12. The zero-order valence-electron chi connectivity index (χ0n) is 15.9. The molecule has 1 atom stereocenters. The molecule has 0 aliphatic carbocycles. The summed E-state index contributed by atoms with van der Waals surface area (Å²) in [4.78, 5) is 18.4. The average Bonchev–Trinajstić information content (AvgIpc) is 3.26. The first-order valence-electron chi connectivity index (χ1n) is 8.92. The van der Waals surface area contributed by atoms with Crippen molar-refractivity contribution in [3.8, 4) is 11.4 Å². The van der Waals surface area contributed by atoms with Crippen LogP contribution < -0.4 is 4.74 Å². The van der Waals surface area contributed by atoms with Crippen LogP contribution in [-0.4, -0.2) is 39.7 Å². The van der Waals surface area contributed by atoms with Crippen LogP contribution >= 0.6 is 0 Å². The molecular weight excluding hydrogens is 340 g/mol. The molecule has 0 fully saturated rings. The molecule has 0 saturated heterocycles. The van der Waals surface area contributed by atoms with Gasteiger partial charge in [0.05, 0.1) is 18.8 Å². The minimum atomic E-state index is -0.0139. The minimum absolute atomic E-state index is 0.0139. The Balaban J connectivity index is 1.62. The van der Waals surface area contributed by atoms with Gasteiger partial charge in [-0.25, -0.2) is 9.67 Å². The molecule has 0 unspecified atom stereocenters. The van der Waals surface area contributed by atoms with Crippen molar-refractivity contribution in [2.24, 2.45) is 0 Å². The Morgan fingerprint density at radius 1 is 1.19 bits per heavy atom. The number of nitrogens with zero attached hydrogens (tertiary/aromatic N) is 4. The highest BCUT2D eigenvalue weighted by atomic mass is 16.5. The maximum absolute atomic E-state index is 12.6. The number of ether oxygens (including phenoxy) is 1. The van der Waals surface area contributed by atoms with Gasteiger partial charge in [-0.3, -0.25) is 4.79 Å². The van der Waals surface area contributed by atoms with Gasteiger partial charge < -0.3 is 9.64 Å². The number of rotatable bonds is 7.